The smallest absolute Gasteiger partial charge is 0.119 e. The predicted molar refractivity (Wildman–Crippen MR) is 119 cm³/mol. The summed E-state index contributed by atoms with van der Waals surface area (Å²) in [7, 11) is 4.35. The third-order valence-electron chi connectivity index (χ3n) is 6.84. The van der Waals surface area contributed by atoms with Crippen LogP contribution >= 0.6 is 0 Å². The zero-order valence-corrected chi connectivity index (χ0v) is 18.9. The molecule has 5 heteroatoms. The number of aliphatic hydroxyl groups excluding tert-OH is 1. The summed E-state index contributed by atoms with van der Waals surface area (Å²) in [5.74, 6) is 0.857. The number of aliphatic hydroxyl groups is 1. The maximum Gasteiger partial charge on any atom is 0.119 e. The Morgan fingerprint density at radius 1 is 1.21 bits per heavy atom. The van der Waals surface area contributed by atoms with Crippen molar-refractivity contribution in [3.05, 3.63) is 29.8 Å². The summed E-state index contributed by atoms with van der Waals surface area (Å²) in [6.07, 6.45) is 6.06. The summed E-state index contributed by atoms with van der Waals surface area (Å²) in [5, 5.41) is 10.4. The van der Waals surface area contributed by atoms with Gasteiger partial charge in [0.15, 0.2) is 0 Å². The first-order valence-electron chi connectivity index (χ1n) is 11.4. The van der Waals surface area contributed by atoms with E-state index in [1.807, 2.05) is 6.07 Å². The molecule has 0 aromatic heterocycles. The Bertz CT molecular complexity index is 630. The summed E-state index contributed by atoms with van der Waals surface area (Å²) in [6.45, 7) is 9.86. The van der Waals surface area contributed by atoms with Gasteiger partial charge in [-0.15, -0.1) is 0 Å². The number of benzene rings is 1. The molecular formula is C24H41N3O2. The van der Waals surface area contributed by atoms with Crippen molar-refractivity contribution in [3.8, 4) is 5.75 Å². The van der Waals surface area contributed by atoms with Crippen molar-refractivity contribution >= 4 is 0 Å². The normalized spacial score (nSPS) is 22.7. The summed E-state index contributed by atoms with van der Waals surface area (Å²) >= 11 is 0. The quantitative estimate of drug-likeness (QED) is 0.722. The number of hydrogen-bond acceptors (Lipinski definition) is 5. The predicted octanol–water partition coefficient (Wildman–Crippen LogP) is 3.22. The van der Waals surface area contributed by atoms with E-state index < -0.39 is 6.10 Å². The van der Waals surface area contributed by atoms with Crippen molar-refractivity contribution in [2.45, 2.75) is 70.2 Å². The van der Waals surface area contributed by atoms with Crippen molar-refractivity contribution in [2.75, 3.05) is 46.9 Å². The van der Waals surface area contributed by atoms with E-state index in [2.05, 4.69) is 60.8 Å². The first-order chi connectivity index (χ1) is 13.8. The van der Waals surface area contributed by atoms with E-state index in [1.165, 1.54) is 37.7 Å². The molecular weight excluding hydrogens is 362 g/mol. The van der Waals surface area contributed by atoms with Crippen LogP contribution in [0.25, 0.3) is 0 Å². The molecule has 1 saturated carbocycles. The van der Waals surface area contributed by atoms with E-state index in [9.17, 15) is 5.11 Å². The van der Waals surface area contributed by atoms with Gasteiger partial charge in [-0.1, -0.05) is 31.4 Å². The molecule has 1 aliphatic carbocycles. The number of nitrogens with zero attached hydrogens (tertiary/aromatic N) is 3. The monoisotopic (exact) mass is 403 g/mol. The summed E-state index contributed by atoms with van der Waals surface area (Å²) < 4.78 is 5.94. The van der Waals surface area contributed by atoms with Crippen LogP contribution in [0.4, 0.5) is 0 Å². The van der Waals surface area contributed by atoms with Gasteiger partial charge in [0, 0.05) is 44.3 Å². The molecule has 5 nitrogen and oxygen atoms in total. The Morgan fingerprint density at radius 2 is 1.97 bits per heavy atom. The highest BCUT2D eigenvalue weighted by Gasteiger charge is 2.30. The standard InChI is InChI=1S/C24H41N3O2/c1-24(2)19-27(14-13-26(24)4)16-20-9-8-12-23(15-20)29-18-22(28)17-25(3)21-10-6-5-7-11-21/h8-9,12,15,21-22,28H,5-7,10-11,13-14,16-19H2,1-4H3/t22-/m0/s1. The number of rotatable bonds is 8. The highest BCUT2D eigenvalue weighted by Crippen LogP contribution is 2.23. The van der Waals surface area contributed by atoms with Crippen LogP contribution in [0.5, 0.6) is 5.75 Å². The van der Waals surface area contributed by atoms with Crippen LogP contribution in [0, 0.1) is 0 Å². The lowest BCUT2D eigenvalue weighted by atomic mass is 9.94. The lowest BCUT2D eigenvalue weighted by molar-refractivity contribution is 0.0359. The molecule has 29 heavy (non-hydrogen) atoms. The van der Waals surface area contributed by atoms with Gasteiger partial charge < -0.3 is 14.7 Å². The maximum absolute atomic E-state index is 10.4. The Labute approximate surface area is 177 Å². The van der Waals surface area contributed by atoms with Gasteiger partial charge in [0.2, 0.25) is 0 Å². The van der Waals surface area contributed by atoms with Crippen LogP contribution in [0.1, 0.15) is 51.5 Å². The third-order valence-corrected chi connectivity index (χ3v) is 6.84. The van der Waals surface area contributed by atoms with E-state index in [0.29, 0.717) is 19.2 Å². The molecule has 2 fully saturated rings. The molecule has 1 aliphatic heterocycles. The minimum absolute atomic E-state index is 0.209. The molecule has 3 rings (SSSR count). The summed E-state index contributed by atoms with van der Waals surface area (Å²) in [4.78, 5) is 7.28. The largest absolute Gasteiger partial charge is 0.491 e. The number of piperazine rings is 1. The second-order valence-electron chi connectivity index (χ2n) is 9.79. The molecule has 1 heterocycles. The molecule has 0 unspecified atom stereocenters. The fourth-order valence-corrected chi connectivity index (χ4v) is 4.72. The van der Waals surface area contributed by atoms with Crippen molar-refractivity contribution < 1.29 is 9.84 Å². The fraction of sp³-hybridized carbons (Fsp3) is 0.750. The van der Waals surface area contributed by atoms with Crippen LogP contribution in [0.3, 0.4) is 0 Å². The van der Waals surface area contributed by atoms with Crippen molar-refractivity contribution in [2.24, 2.45) is 0 Å². The average Bonchev–Trinajstić information content (AvgIpc) is 2.70. The second-order valence-corrected chi connectivity index (χ2v) is 9.79. The molecule has 1 aromatic rings. The lowest BCUT2D eigenvalue weighted by Gasteiger charge is -2.45. The molecule has 1 atom stereocenters. The molecule has 0 bridgehead atoms. The van der Waals surface area contributed by atoms with Gasteiger partial charge in [-0.3, -0.25) is 9.80 Å². The topological polar surface area (TPSA) is 39.2 Å². The zero-order valence-electron chi connectivity index (χ0n) is 18.9. The Kier molecular flexibility index (Phi) is 7.97. The SMILES string of the molecule is CN(C[C@H](O)COc1cccc(CN2CCN(C)C(C)(C)C2)c1)C1CCCCC1. The zero-order chi connectivity index (χ0) is 20.9. The van der Waals surface area contributed by atoms with Gasteiger partial charge in [0.1, 0.15) is 18.5 Å². The number of ether oxygens (including phenoxy) is 1. The molecule has 1 N–H and O–H groups in total. The van der Waals surface area contributed by atoms with Crippen LogP contribution < -0.4 is 4.74 Å². The Balaban J connectivity index is 1.45. The molecule has 164 valence electrons. The van der Waals surface area contributed by atoms with E-state index >= 15 is 0 Å². The van der Waals surface area contributed by atoms with Gasteiger partial charge in [0.05, 0.1) is 0 Å². The minimum atomic E-state index is -0.455. The lowest BCUT2D eigenvalue weighted by Crippen LogP contribution is -2.57. The third kappa shape index (κ3) is 6.68. The van der Waals surface area contributed by atoms with E-state index in [1.54, 1.807) is 0 Å². The Hall–Kier alpha value is -1.14. The molecule has 0 spiro atoms. The highest BCUT2D eigenvalue weighted by molar-refractivity contribution is 5.28. The molecule has 2 aliphatic rings. The van der Waals surface area contributed by atoms with Gasteiger partial charge in [-0.2, -0.15) is 0 Å². The maximum atomic E-state index is 10.4. The summed E-state index contributed by atoms with van der Waals surface area (Å²) in [5.41, 5.74) is 1.48. The van der Waals surface area contributed by atoms with Crippen LogP contribution in [0.15, 0.2) is 24.3 Å². The molecule has 1 saturated heterocycles. The van der Waals surface area contributed by atoms with E-state index in [4.69, 9.17) is 4.74 Å². The second kappa shape index (κ2) is 10.3. The van der Waals surface area contributed by atoms with Gasteiger partial charge in [-0.25, -0.2) is 0 Å². The summed E-state index contributed by atoms with van der Waals surface area (Å²) in [6, 6.07) is 8.98. The van der Waals surface area contributed by atoms with Gasteiger partial charge in [-0.05, 0) is 58.5 Å². The van der Waals surface area contributed by atoms with Crippen LogP contribution in [-0.2, 0) is 6.54 Å². The van der Waals surface area contributed by atoms with Crippen molar-refractivity contribution in [3.63, 3.8) is 0 Å². The Morgan fingerprint density at radius 3 is 2.69 bits per heavy atom. The molecule has 0 amide bonds. The van der Waals surface area contributed by atoms with Gasteiger partial charge in [0.25, 0.3) is 0 Å². The minimum Gasteiger partial charge on any atom is -0.491 e. The highest BCUT2D eigenvalue weighted by atomic mass is 16.5. The van der Waals surface area contributed by atoms with Crippen LogP contribution in [0.2, 0.25) is 0 Å². The van der Waals surface area contributed by atoms with Gasteiger partial charge >= 0.3 is 0 Å². The first kappa shape index (κ1) is 22.5. The first-order valence-corrected chi connectivity index (χ1v) is 11.4. The number of hydrogen-bond donors (Lipinski definition) is 1. The van der Waals surface area contributed by atoms with Crippen LogP contribution in [-0.4, -0.2) is 84.4 Å². The molecule has 0 radical (unpaired) electrons. The van der Waals surface area contributed by atoms with Crippen molar-refractivity contribution in [1.29, 1.82) is 0 Å². The molecule has 1 aromatic carbocycles. The van der Waals surface area contributed by atoms with E-state index in [0.717, 1.165) is 31.9 Å². The van der Waals surface area contributed by atoms with E-state index in [-0.39, 0.29) is 5.54 Å². The number of likely N-dealkylation sites (N-methyl/N-ethyl adjacent to an activating group) is 2. The average molecular weight is 404 g/mol. The van der Waals surface area contributed by atoms with Crippen molar-refractivity contribution in [1.82, 2.24) is 14.7 Å². The fourth-order valence-electron chi connectivity index (χ4n) is 4.72.